The number of nitrogens with zero attached hydrogens (tertiary/aromatic N) is 3. The first-order valence-electron chi connectivity index (χ1n) is 6.26. The zero-order valence-electron chi connectivity index (χ0n) is 10.5. The van der Waals surface area contributed by atoms with Crippen molar-refractivity contribution in [1.29, 1.82) is 0 Å². The molecule has 2 atom stereocenters. The molecule has 18 heavy (non-hydrogen) atoms. The van der Waals surface area contributed by atoms with E-state index >= 15 is 0 Å². The van der Waals surface area contributed by atoms with E-state index in [9.17, 15) is 4.79 Å². The Morgan fingerprint density at radius 2 is 2.33 bits per heavy atom. The first kappa shape index (κ1) is 12.8. The van der Waals surface area contributed by atoms with E-state index in [1.54, 1.807) is 6.33 Å². The Hall–Kier alpha value is -1.69. The Labute approximate surface area is 106 Å². The van der Waals surface area contributed by atoms with Crippen LogP contribution in [0.1, 0.15) is 25.6 Å². The van der Waals surface area contributed by atoms with E-state index in [4.69, 9.17) is 5.73 Å². The molecule has 0 bridgehead atoms. The molecule has 2 rings (SSSR count). The van der Waals surface area contributed by atoms with Gasteiger partial charge in [-0.3, -0.25) is 4.79 Å². The monoisotopic (exact) mass is 249 g/mol. The van der Waals surface area contributed by atoms with Crippen molar-refractivity contribution in [3.8, 4) is 0 Å². The highest BCUT2D eigenvalue weighted by Gasteiger charge is 2.26. The predicted molar refractivity (Wildman–Crippen MR) is 67.4 cm³/mol. The molecule has 0 aliphatic heterocycles. The second kappa shape index (κ2) is 5.77. The first-order valence-corrected chi connectivity index (χ1v) is 6.26. The Kier molecular flexibility index (Phi) is 4.09. The number of carbonyl (C=O) groups is 1. The quantitative estimate of drug-likeness (QED) is 0.730. The summed E-state index contributed by atoms with van der Waals surface area (Å²) < 4.78 is 1.84. The normalized spacial score (nSPS) is 23.2. The van der Waals surface area contributed by atoms with E-state index in [1.807, 2.05) is 17.7 Å². The maximum atomic E-state index is 11.4. The summed E-state index contributed by atoms with van der Waals surface area (Å²) in [5.74, 6) is 0.511. The fourth-order valence-corrected chi connectivity index (χ4v) is 2.27. The molecule has 1 amide bonds. The lowest BCUT2D eigenvalue weighted by molar-refractivity contribution is -0.122. The summed E-state index contributed by atoms with van der Waals surface area (Å²) in [6.45, 7) is 3.42. The smallest absolute Gasteiger partial charge is 0.222 e. The maximum Gasteiger partial charge on any atom is 0.222 e. The number of rotatable bonds is 5. The van der Waals surface area contributed by atoms with Gasteiger partial charge in [0.05, 0.1) is 12.5 Å². The van der Waals surface area contributed by atoms with Crippen molar-refractivity contribution in [2.24, 2.45) is 11.7 Å². The molecule has 1 aromatic heterocycles. The third kappa shape index (κ3) is 2.76. The topological polar surface area (TPSA) is 85.8 Å². The van der Waals surface area contributed by atoms with Gasteiger partial charge < -0.3 is 11.1 Å². The van der Waals surface area contributed by atoms with Crippen LogP contribution in [0.4, 0.5) is 0 Å². The molecule has 0 aromatic carbocycles. The highest BCUT2D eigenvalue weighted by atomic mass is 16.1. The van der Waals surface area contributed by atoms with Gasteiger partial charge in [-0.15, -0.1) is 0 Å². The number of nitrogens with one attached hydrogen (secondary N) is 1. The van der Waals surface area contributed by atoms with E-state index in [0.29, 0.717) is 13.0 Å². The van der Waals surface area contributed by atoms with E-state index in [1.165, 1.54) is 0 Å². The number of allylic oxidation sites excluding steroid dienone is 1. The van der Waals surface area contributed by atoms with Crippen LogP contribution in [-0.4, -0.2) is 26.7 Å². The van der Waals surface area contributed by atoms with Gasteiger partial charge in [0.1, 0.15) is 12.2 Å². The van der Waals surface area contributed by atoms with Gasteiger partial charge in [-0.05, 0) is 19.8 Å². The molecular formula is C12H19N5O. The lowest BCUT2D eigenvalue weighted by Gasteiger charge is -2.26. The van der Waals surface area contributed by atoms with Crippen molar-refractivity contribution >= 4 is 5.91 Å². The molecule has 0 fully saturated rings. The predicted octanol–water partition coefficient (Wildman–Crippen LogP) is 0.208. The Balaban J connectivity index is 1.96. The second-order valence-electron chi connectivity index (χ2n) is 4.43. The van der Waals surface area contributed by atoms with Crippen LogP contribution in [0.2, 0.25) is 0 Å². The summed E-state index contributed by atoms with van der Waals surface area (Å²) in [5, 5.41) is 7.47. The average molecular weight is 249 g/mol. The Bertz CT molecular complexity index is 439. The number of amides is 1. The molecule has 98 valence electrons. The summed E-state index contributed by atoms with van der Waals surface area (Å²) in [6, 6.07) is 0.0921. The van der Waals surface area contributed by atoms with E-state index in [0.717, 1.165) is 18.8 Å². The van der Waals surface area contributed by atoms with Gasteiger partial charge in [0.25, 0.3) is 0 Å². The average Bonchev–Trinajstić information content (AvgIpc) is 2.84. The van der Waals surface area contributed by atoms with Crippen LogP contribution in [-0.2, 0) is 17.9 Å². The minimum atomic E-state index is -0.242. The van der Waals surface area contributed by atoms with Gasteiger partial charge in [-0.1, -0.05) is 12.2 Å². The van der Waals surface area contributed by atoms with Crippen molar-refractivity contribution in [2.75, 3.05) is 0 Å². The summed E-state index contributed by atoms with van der Waals surface area (Å²) in [5.41, 5.74) is 5.42. The van der Waals surface area contributed by atoms with Gasteiger partial charge in [-0.25, -0.2) is 9.67 Å². The highest BCUT2D eigenvalue weighted by Crippen LogP contribution is 2.19. The fourth-order valence-electron chi connectivity index (χ4n) is 2.27. The molecule has 1 heterocycles. The van der Waals surface area contributed by atoms with E-state index < -0.39 is 0 Å². The number of nitrogens with two attached hydrogens (primary N) is 1. The number of aromatic nitrogens is 3. The fraction of sp³-hybridized carbons (Fsp3) is 0.583. The van der Waals surface area contributed by atoms with Crippen LogP contribution in [0, 0.1) is 5.92 Å². The van der Waals surface area contributed by atoms with Gasteiger partial charge >= 0.3 is 0 Å². The molecule has 1 aliphatic carbocycles. The molecule has 6 heteroatoms. The number of primary amides is 1. The number of hydrogen-bond donors (Lipinski definition) is 2. The van der Waals surface area contributed by atoms with Crippen molar-refractivity contribution in [1.82, 2.24) is 20.1 Å². The van der Waals surface area contributed by atoms with Crippen LogP contribution in [0.25, 0.3) is 0 Å². The zero-order valence-corrected chi connectivity index (χ0v) is 10.5. The van der Waals surface area contributed by atoms with E-state index in [2.05, 4.69) is 21.5 Å². The molecule has 1 aromatic rings. The van der Waals surface area contributed by atoms with Gasteiger partial charge in [0.2, 0.25) is 5.91 Å². The van der Waals surface area contributed by atoms with Gasteiger partial charge in [-0.2, -0.15) is 5.10 Å². The lowest BCUT2D eigenvalue weighted by Crippen LogP contribution is -2.43. The van der Waals surface area contributed by atoms with Crippen molar-refractivity contribution in [3.05, 3.63) is 24.3 Å². The van der Waals surface area contributed by atoms with Crippen molar-refractivity contribution in [2.45, 2.75) is 38.9 Å². The van der Waals surface area contributed by atoms with E-state index in [-0.39, 0.29) is 17.9 Å². The molecule has 0 unspecified atom stereocenters. The van der Waals surface area contributed by atoms with Crippen molar-refractivity contribution in [3.63, 3.8) is 0 Å². The van der Waals surface area contributed by atoms with Crippen LogP contribution in [0.15, 0.2) is 18.5 Å². The van der Waals surface area contributed by atoms with Crippen molar-refractivity contribution < 1.29 is 4.79 Å². The Morgan fingerprint density at radius 3 is 3.06 bits per heavy atom. The SMILES string of the molecule is CCn1ncnc1CN[C@H]1CC=CC[C@@H]1C(N)=O. The molecule has 0 saturated heterocycles. The second-order valence-corrected chi connectivity index (χ2v) is 4.43. The van der Waals surface area contributed by atoms with Gasteiger partial charge in [0.15, 0.2) is 0 Å². The minimum Gasteiger partial charge on any atom is -0.369 e. The highest BCUT2D eigenvalue weighted by molar-refractivity contribution is 5.77. The summed E-state index contributed by atoms with van der Waals surface area (Å²) >= 11 is 0. The zero-order chi connectivity index (χ0) is 13.0. The molecule has 3 N–H and O–H groups in total. The largest absolute Gasteiger partial charge is 0.369 e. The standard InChI is InChI=1S/C12H19N5O/c1-2-17-11(15-8-16-17)7-14-10-6-4-3-5-9(10)12(13)18/h3-4,8-10,14H,2,5-7H2,1H3,(H2,13,18)/t9-,10-/m0/s1. The van der Waals surface area contributed by atoms with Crippen LogP contribution >= 0.6 is 0 Å². The molecular weight excluding hydrogens is 230 g/mol. The Morgan fingerprint density at radius 1 is 1.56 bits per heavy atom. The molecule has 0 spiro atoms. The summed E-state index contributed by atoms with van der Waals surface area (Å²) in [7, 11) is 0. The summed E-state index contributed by atoms with van der Waals surface area (Å²) in [6.07, 6.45) is 7.19. The minimum absolute atomic E-state index is 0.0921. The van der Waals surface area contributed by atoms with Crippen LogP contribution < -0.4 is 11.1 Å². The third-order valence-electron chi connectivity index (χ3n) is 3.32. The summed E-state index contributed by atoms with van der Waals surface area (Å²) in [4.78, 5) is 15.6. The van der Waals surface area contributed by atoms with Crippen LogP contribution in [0.5, 0.6) is 0 Å². The number of hydrogen-bond acceptors (Lipinski definition) is 4. The third-order valence-corrected chi connectivity index (χ3v) is 3.32. The molecule has 6 nitrogen and oxygen atoms in total. The first-order chi connectivity index (χ1) is 8.72. The van der Waals surface area contributed by atoms with Gasteiger partial charge in [0, 0.05) is 12.6 Å². The molecule has 1 aliphatic rings. The molecule has 0 radical (unpaired) electrons. The molecule has 0 saturated carbocycles. The number of aryl methyl sites for hydroxylation is 1. The lowest BCUT2D eigenvalue weighted by atomic mass is 9.88. The maximum absolute atomic E-state index is 11.4. The van der Waals surface area contributed by atoms with Crippen LogP contribution in [0.3, 0.4) is 0 Å². The number of carbonyl (C=O) groups excluding carboxylic acids is 1.